The smallest absolute Gasteiger partial charge is 0.278 e. The minimum atomic E-state index is 0.289. The molecule has 0 bridgehead atoms. The van der Waals surface area contributed by atoms with Gasteiger partial charge in [0.05, 0.1) is 12.8 Å². The molecule has 0 aliphatic heterocycles. The summed E-state index contributed by atoms with van der Waals surface area (Å²) < 4.78 is 12.2. The summed E-state index contributed by atoms with van der Waals surface area (Å²) in [6, 6.07) is 9.79. The lowest BCUT2D eigenvalue weighted by Crippen LogP contribution is -2.24. The van der Waals surface area contributed by atoms with Crippen molar-refractivity contribution < 1.29 is 9.26 Å². The number of hydrogen-bond donors (Lipinski definition) is 1. The van der Waals surface area contributed by atoms with Crippen LogP contribution in [0.4, 0.5) is 0 Å². The quantitative estimate of drug-likeness (QED) is 0.751. The second kappa shape index (κ2) is 6.62. The molecule has 0 saturated carbocycles. The molecular formula is C16H19N5O2. The van der Waals surface area contributed by atoms with Crippen LogP contribution in [0.3, 0.4) is 0 Å². The topological polar surface area (TPSA) is 78.0 Å². The van der Waals surface area contributed by atoms with Crippen molar-refractivity contribution in [3.05, 3.63) is 42.4 Å². The van der Waals surface area contributed by atoms with E-state index >= 15 is 0 Å². The van der Waals surface area contributed by atoms with Crippen molar-refractivity contribution in [3.63, 3.8) is 0 Å². The van der Waals surface area contributed by atoms with Crippen LogP contribution in [0.15, 0.2) is 41.1 Å². The third-order valence-electron chi connectivity index (χ3n) is 3.59. The van der Waals surface area contributed by atoms with Gasteiger partial charge >= 0.3 is 0 Å². The van der Waals surface area contributed by atoms with Gasteiger partial charge < -0.3 is 14.6 Å². The SMILES string of the molecule is CNC(C)Cc1noc(-c2ccn(-c3ccc(OC)cc3)n2)n1. The summed E-state index contributed by atoms with van der Waals surface area (Å²) in [5, 5.41) is 11.6. The molecule has 7 heteroatoms. The Labute approximate surface area is 134 Å². The molecule has 0 radical (unpaired) electrons. The Morgan fingerprint density at radius 2 is 2.04 bits per heavy atom. The zero-order chi connectivity index (χ0) is 16.2. The number of likely N-dealkylation sites (N-methyl/N-ethyl adjacent to an activating group) is 1. The van der Waals surface area contributed by atoms with Crippen molar-refractivity contribution in [2.45, 2.75) is 19.4 Å². The first-order valence-electron chi connectivity index (χ1n) is 7.40. The van der Waals surface area contributed by atoms with Gasteiger partial charge in [0.2, 0.25) is 0 Å². The van der Waals surface area contributed by atoms with Gasteiger partial charge in [-0.1, -0.05) is 5.16 Å². The first-order valence-corrected chi connectivity index (χ1v) is 7.40. The van der Waals surface area contributed by atoms with E-state index in [1.807, 2.05) is 43.6 Å². The lowest BCUT2D eigenvalue weighted by molar-refractivity contribution is 0.414. The molecule has 3 rings (SSSR count). The van der Waals surface area contributed by atoms with E-state index in [1.54, 1.807) is 11.8 Å². The number of rotatable bonds is 6. The van der Waals surface area contributed by atoms with Gasteiger partial charge in [0, 0.05) is 18.7 Å². The fourth-order valence-electron chi connectivity index (χ4n) is 2.13. The Morgan fingerprint density at radius 1 is 1.26 bits per heavy atom. The fraction of sp³-hybridized carbons (Fsp3) is 0.312. The van der Waals surface area contributed by atoms with Crippen LogP contribution in [-0.2, 0) is 6.42 Å². The van der Waals surface area contributed by atoms with Crippen LogP contribution in [0.2, 0.25) is 0 Å². The average Bonchev–Trinajstić information content (AvgIpc) is 3.24. The van der Waals surface area contributed by atoms with E-state index in [1.165, 1.54) is 0 Å². The van der Waals surface area contributed by atoms with E-state index in [0.717, 1.165) is 11.4 Å². The maximum Gasteiger partial charge on any atom is 0.278 e. The summed E-state index contributed by atoms with van der Waals surface area (Å²) in [7, 11) is 3.55. The summed E-state index contributed by atoms with van der Waals surface area (Å²) >= 11 is 0. The Morgan fingerprint density at radius 3 is 2.74 bits per heavy atom. The average molecular weight is 313 g/mol. The number of hydrogen-bond acceptors (Lipinski definition) is 6. The summed E-state index contributed by atoms with van der Waals surface area (Å²) in [6.07, 6.45) is 2.57. The Balaban J connectivity index is 1.78. The van der Waals surface area contributed by atoms with Crippen LogP contribution >= 0.6 is 0 Å². The molecule has 2 heterocycles. The molecule has 1 N–H and O–H groups in total. The Hall–Kier alpha value is -2.67. The van der Waals surface area contributed by atoms with Crippen molar-refractivity contribution >= 4 is 0 Å². The molecule has 1 unspecified atom stereocenters. The third kappa shape index (κ3) is 3.40. The first-order chi connectivity index (χ1) is 11.2. The van der Waals surface area contributed by atoms with E-state index in [9.17, 15) is 0 Å². The van der Waals surface area contributed by atoms with Gasteiger partial charge in [-0.2, -0.15) is 10.1 Å². The minimum absolute atomic E-state index is 0.289. The van der Waals surface area contributed by atoms with Gasteiger partial charge in [-0.15, -0.1) is 0 Å². The van der Waals surface area contributed by atoms with Gasteiger partial charge in [-0.25, -0.2) is 4.68 Å². The number of benzene rings is 1. The van der Waals surface area contributed by atoms with E-state index < -0.39 is 0 Å². The maximum absolute atomic E-state index is 5.30. The van der Waals surface area contributed by atoms with Gasteiger partial charge in [-0.05, 0) is 44.3 Å². The lowest BCUT2D eigenvalue weighted by Gasteiger charge is -2.04. The highest BCUT2D eigenvalue weighted by atomic mass is 16.5. The number of aromatic nitrogens is 4. The van der Waals surface area contributed by atoms with E-state index in [2.05, 4.69) is 27.5 Å². The van der Waals surface area contributed by atoms with E-state index in [-0.39, 0.29) is 6.04 Å². The molecule has 0 amide bonds. The van der Waals surface area contributed by atoms with Crippen LogP contribution in [0.25, 0.3) is 17.3 Å². The largest absolute Gasteiger partial charge is 0.497 e. The highest BCUT2D eigenvalue weighted by molar-refractivity contribution is 5.47. The van der Waals surface area contributed by atoms with E-state index in [0.29, 0.717) is 23.8 Å². The summed E-state index contributed by atoms with van der Waals surface area (Å²) in [4.78, 5) is 4.39. The van der Waals surface area contributed by atoms with Crippen LogP contribution in [0, 0.1) is 0 Å². The van der Waals surface area contributed by atoms with Gasteiger partial charge in [0.15, 0.2) is 11.5 Å². The molecule has 0 spiro atoms. The second-order valence-corrected chi connectivity index (χ2v) is 5.25. The zero-order valence-electron chi connectivity index (χ0n) is 13.4. The van der Waals surface area contributed by atoms with Crippen molar-refractivity contribution in [2.24, 2.45) is 0 Å². The normalized spacial score (nSPS) is 12.3. The number of methoxy groups -OCH3 is 1. The molecule has 3 aromatic rings. The first kappa shape index (κ1) is 15.2. The zero-order valence-corrected chi connectivity index (χ0v) is 13.4. The second-order valence-electron chi connectivity index (χ2n) is 5.25. The molecule has 120 valence electrons. The molecule has 1 aromatic carbocycles. The van der Waals surface area contributed by atoms with Gasteiger partial charge in [0.1, 0.15) is 5.75 Å². The molecule has 7 nitrogen and oxygen atoms in total. The van der Waals surface area contributed by atoms with Crippen LogP contribution < -0.4 is 10.1 Å². The highest BCUT2D eigenvalue weighted by Crippen LogP contribution is 2.19. The summed E-state index contributed by atoms with van der Waals surface area (Å²) in [6.45, 7) is 2.06. The third-order valence-corrected chi connectivity index (χ3v) is 3.59. The maximum atomic E-state index is 5.30. The summed E-state index contributed by atoms with van der Waals surface area (Å²) in [5.41, 5.74) is 1.58. The van der Waals surface area contributed by atoms with Gasteiger partial charge in [0.25, 0.3) is 5.89 Å². The number of ether oxygens (including phenoxy) is 1. The minimum Gasteiger partial charge on any atom is -0.497 e. The van der Waals surface area contributed by atoms with Crippen molar-refractivity contribution in [1.29, 1.82) is 0 Å². The number of nitrogens with zero attached hydrogens (tertiary/aromatic N) is 4. The molecule has 23 heavy (non-hydrogen) atoms. The van der Waals surface area contributed by atoms with Crippen molar-refractivity contribution in [3.8, 4) is 23.0 Å². The fourth-order valence-corrected chi connectivity index (χ4v) is 2.13. The van der Waals surface area contributed by atoms with Crippen molar-refractivity contribution in [1.82, 2.24) is 25.2 Å². The number of nitrogens with one attached hydrogen (secondary N) is 1. The summed E-state index contributed by atoms with van der Waals surface area (Å²) in [5.74, 6) is 1.90. The molecule has 1 atom stereocenters. The molecule has 0 fully saturated rings. The molecule has 2 aromatic heterocycles. The Bertz CT molecular complexity index is 763. The molecule has 0 aliphatic rings. The highest BCUT2D eigenvalue weighted by Gasteiger charge is 2.13. The van der Waals surface area contributed by atoms with Gasteiger partial charge in [-0.3, -0.25) is 0 Å². The molecule has 0 aliphatic carbocycles. The monoisotopic (exact) mass is 313 g/mol. The van der Waals surface area contributed by atoms with Crippen molar-refractivity contribution in [2.75, 3.05) is 14.2 Å². The van der Waals surface area contributed by atoms with Crippen LogP contribution in [0.1, 0.15) is 12.7 Å². The predicted molar refractivity (Wildman–Crippen MR) is 85.6 cm³/mol. The molecular weight excluding hydrogens is 294 g/mol. The molecule has 0 saturated heterocycles. The predicted octanol–water partition coefficient (Wildman–Crippen LogP) is 2.08. The van der Waals surface area contributed by atoms with Crippen LogP contribution in [0.5, 0.6) is 5.75 Å². The Kier molecular flexibility index (Phi) is 4.38. The van der Waals surface area contributed by atoms with Crippen LogP contribution in [-0.4, -0.2) is 40.1 Å². The van der Waals surface area contributed by atoms with E-state index in [4.69, 9.17) is 9.26 Å². The lowest BCUT2D eigenvalue weighted by atomic mass is 10.2. The standard InChI is InChI=1S/C16H19N5O2/c1-11(17-2)10-15-18-16(23-20-15)14-8-9-21(19-14)12-4-6-13(22-3)7-5-12/h4-9,11,17H,10H2,1-3H3.